The molecule has 1 fully saturated rings. The van der Waals surface area contributed by atoms with Crippen LogP contribution in [0.3, 0.4) is 0 Å². The summed E-state index contributed by atoms with van der Waals surface area (Å²) in [5.41, 5.74) is 2.26. The van der Waals surface area contributed by atoms with Crippen LogP contribution >= 0.6 is 22.6 Å². The number of benzene rings is 1. The Balaban J connectivity index is 2.06. The van der Waals surface area contributed by atoms with Crippen LogP contribution in [0.5, 0.6) is 0 Å². The van der Waals surface area contributed by atoms with Crippen molar-refractivity contribution in [2.75, 3.05) is 0 Å². The number of hydrogen-bond donors (Lipinski definition) is 1. The van der Waals surface area contributed by atoms with E-state index in [4.69, 9.17) is 0 Å². The van der Waals surface area contributed by atoms with Gasteiger partial charge in [-0.25, -0.2) is 4.99 Å². The van der Waals surface area contributed by atoms with Crippen molar-refractivity contribution in [2.45, 2.75) is 12.8 Å². The molecule has 1 unspecified atom stereocenters. The average Bonchev–Trinajstić information content (AvgIpc) is 2.53. The van der Waals surface area contributed by atoms with Crippen molar-refractivity contribution < 1.29 is 4.79 Å². The number of nitrogens with one attached hydrogen (secondary N) is 1. The highest BCUT2D eigenvalue weighted by Gasteiger charge is 2.32. The molecule has 3 nitrogen and oxygen atoms in total. The van der Waals surface area contributed by atoms with E-state index >= 15 is 0 Å². The summed E-state index contributed by atoms with van der Waals surface area (Å²) in [6.07, 6.45) is 1.52. The zero-order valence-corrected chi connectivity index (χ0v) is 10.1. The summed E-state index contributed by atoms with van der Waals surface area (Å²) in [4.78, 5) is 15.7. The maximum Gasteiger partial charge on any atom is 0.226 e. The maximum atomic E-state index is 11.2. The smallest absolute Gasteiger partial charge is 0.226 e. The standard InChI is InChI=1S/C11H9IN2O/c12-8-1-2-9-6(4-8)3-7-5-10(15)14-11(7)13-9/h1-2,4,7H,3,5H2,(H,13,14,15). The molecule has 0 radical (unpaired) electrons. The molecule has 4 heteroatoms. The van der Waals surface area contributed by atoms with E-state index in [0.29, 0.717) is 6.42 Å². The number of halogens is 1. The Hall–Kier alpha value is -0.910. The molecule has 1 aromatic rings. The first-order valence-corrected chi connectivity index (χ1v) is 5.97. The summed E-state index contributed by atoms with van der Waals surface area (Å²) < 4.78 is 1.22. The predicted octanol–water partition coefficient (Wildman–Crippen LogP) is 2.01. The second-order valence-corrected chi connectivity index (χ2v) is 5.17. The largest absolute Gasteiger partial charge is 0.314 e. The second-order valence-electron chi connectivity index (χ2n) is 3.92. The highest BCUT2D eigenvalue weighted by atomic mass is 127. The summed E-state index contributed by atoms with van der Waals surface area (Å²) in [6, 6.07) is 6.21. The van der Waals surface area contributed by atoms with Crippen molar-refractivity contribution >= 4 is 40.0 Å². The number of rotatable bonds is 0. The second kappa shape index (κ2) is 3.30. The zero-order valence-electron chi connectivity index (χ0n) is 7.96. The molecule has 1 N–H and O–H groups in total. The fraction of sp³-hybridized carbons (Fsp3) is 0.273. The van der Waals surface area contributed by atoms with E-state index in [0.717, 1.165) is 17.9 Å². The van der Waals surface area contributed by atoms with E-state index in [1.165, 1.54) is 9.13 Å². The SMILES string of the molecule is O=C1CC2Cc3cc(I)ccc3N=C2N1. The molecule has 0 saturated carbocycles. The van der Waals surface area contributed by atoms with Crippen LogP contribution in [0.1, 0.15) is 12.0 Å². The van der Waals surface area contributed by atoms with Crippen LogP contribution in [0, 0.1) is 9.49 Å². The van der Waals surface area contributed by atoms with E-state index in [1.807, 2.05) is 12.1 Å². The molecule has 0 bridgehead atoms. The third-order valence-corrected chi connectivity index (χ3v) is 3.51. The average molecular weight is 312 g/mol. The summed E-state index contributed by atoms with van der Waals surface area (Å²) in [7, 11) is 0. The molecule has 2 heterocycles. The lowest BCUT2D eigenvalue weighted by atomic mass is 9.94. The topological polar surface area (TPSA) is 41.5 Å². The van der Waals surface area contributed by atoms with Gasteiger partial charge in [0.25, 0.3) is 0 Å². The van der Waals surface area contributed by atoms with E-state index in [9.17, 15) is 4.79 Å². The van der Waals surface area contributed by atoms with Gasteiger partial charge in [-0.3, -0.25) is 4.79 Å². The Morgan fingerprint density at radius 2 is 2.27 bits per heavy atom. The Bertz CT molecular complexity index is 481. The van der Waals surface area contributed by atoms with Crippen LogP contribution in [-0.2, 0) is 11.2 Å². The predicted molar refractivity (Wildman–Crippen MR) is 66.2 cm³/mol. The van der Waals surface area contributed by atoms with E-state index < -0.39 is 0 Å². The molecule has 1 amide bonds. The van der Waals surface area contributed by atoms with E-state index in [2.05, 4.69) is 39.0 Å². The summed E-state index contributed by atoms with van der Waals surface area (Å²) >= 11 is 2.30. The maximum absolute atomic E-state index is 11.2. The van der Waals surface area contributed by atoms with Gasteiger partial charge in [0.05, 0.1) is 5.69 Å². The van der Waals surface area contributed by atoms with Gasteiger partial charge < -0.3 is 5.32 Å². The van der Waals surface area contributed by atoms with Gasteiger partial charge in [-0.15, -0.1) is 0 Å². The molecular weight excluding hydrogens is 303 g/mol. The third kappa shape index (κ3) is 1.56. The molecule has 15 heavy (non-hydrogen) atoms. The first-order valence-electron chi connectivity index (χ1n) is 4.89. The van der Waals surface area contributed by atoms with Gasteiger partial charge in [-0.2, -0.15) is 0 Å². The molecule has 0 spiro atoms. The Morgan fingerprint density at radius 1 is 1.40 bits per heavy atom. The Kier molecular flexibility index (Phi) is 2.05. The molecule has 2 aliphatic heterocycles. The molecule has 0 aliphatic carbocycles. The lowest BCUT2D eigenvalue weighted by Crippen LogP contribution is -2.25. The number of fused-ring (bicyclic) bond motifs is 2. The zero-order chi connectivity index (χ0) is 10.4. The van der Waals surface area contributed by atoms with Crippen molar-refractivity contribution in [2.24, 2.45) is 10.9 Å². The highest BCUT2D eigenvalue weighted by Crippen LogP contribution is 2.32. The van der Waals surface area contributed by atoms with Gasteiger partial charge in [0.2, 0.25) is 5.91 Å². The number of hydrogen-bond acceptors (Lipinski definition) is 2. The van der Waals surface area contributed by atoms with Crippen molar-refractivity contribution in [3.63, 3.8) is 0 Å². The van der Waals surface area contributed by atoms with Crippen LogP contribution in [0.4, 0.5) is 5.69 Å². The third-order valence-electron chi connectivity index (χ3n) is 2.83. The van der Waals surface area contributed by atoms with Crippen LogP contribution in [0.25, 0.3) is 0 Å². The monoisotopic (exact) mass is 312 g/mol. The van der Waals surface area contributed by atoms with Crippen LogP contribution in [-0.4, -0.2) is 11.7 Å². The number of aliphatic imine (C=N–C) groups is 1. The minimum absolute atomic E-state index is 0.0984. The first kappa shape index (κ1) is 9.33. The Labute approximate surface area is 101 Å². The Morgan fingerprint density at radius 3 is 3.13 bits per heavy atom. The van der Waals surface area contributed by atoms with Crippen molar-refractivity contribution in [1.82, 2.24) is 5.32 Å². The van der Waals surface area contributed by atoms with Crippen LogP contribution < -0.4 is 5.32 Å². The minimum atomic E-state index is 0.0984. The normalized spacial score (nSPS) is 22.9. The molecule has 76 valence electrons. The number of nitrogens with zero attached hydrogens (tertiary/aromatic N) is 1. The van der Waals surface area contributed by atoms with E-state index in [1.54, 1.807) is 0 Å². The molecule has 3 rings (SSSR count). The highest BCUT2D eigenvalue weighted by molar-refractivity contribution is 14.1. The number of amides is 1. The van der Waals surface area contributed by atoms with Crippen molar-refractivity contribution in [1.29, 1.82) is 0 Å². The van der Waals surface area contributed by atoms with Crippen LogP contribution in [0.15, 0.2) is 23.2 Å². The summed E-state index contributed by atoms with van der Waals surface area (Å²) in [6.45, 7) is 0. The number of carbonyl (C=O) groups excluding carboxylic acids is 1. The van der Waals surface area contributed by atoms with E-state index in [-0.39, 0.29) is 11.8 Å². The number of carbonyl (C=O) groups is 1. The van der Waals surface area contributed by atoms with Gasteiger partial charge in [0.1, 0.15) is 5.84 Å². The van der Waals surface area contributed by atoms with Gasteiger partial charge in [-0.05, 0) is 52.8 Å². The van der Waals surface area contributed by atoms with Crippen molar-refractivity contribution in [3.05, 3.63) is 27.3 Å². The molecule has 1 atom stereocenters. The van der Waals surface area contributed by atoms with Gasteiger partial charge in [0, 0.05) is 15.9 Å². The summed E-state index contributed by atoms with van der Waals surface area (Å²) in [5.74, 6) is 1.23. The lowest BCUT2D eigenvalue weighted by molar-refractivity contribution is -0.118. The van der Waals surface area contributed by atoms with Crippen molar-refractivity contribution in [3.8, 4) is 0 Å². The quantitative estimate of drug-likeness (QED) is 0.732. The first-order chi connectivity index (χ1) is 7.22. The molecular formula is C11H9IN2O. The lowest BCUT2D eigenvalue weighted by Gasteiger charge is -2.17. The summed E-state index contributed by atoms with van der Waals surface area (Å²) in [5, 5.41) is 2.82. The van der Waals surface area contributed by atoms with Gasteiger partial charge in [0.15, 0.2) is 0 Å². The fourth-order valence-electron chi connectivity index (χ4n) is 2.13. The molecule has 1 aromatic carbocycles. The number of amidine groups is 1. The molecule has 0 aromatic heterocycles. The van der Waals surface area contributed by atoms with Gasteiger partial charge in [-0.1, -0.05) is 0 Å². The molecule has 2 aliphatic rings. The fourth-order valence-corrected chi connectivity index (χ4v) is 2.68. The van der Waals surface area contributed by atoms with Gasteiger partial charge >= 0.3 is 0 Å². The minimum Gasteiger partial charge on any atom is -0.314 e. The molecule has 1 saturated heterocycles. The van der Waals surface area contributed by atoms with Crippen LogP contribution in [0.2, 0.25) is 0 Å².